The molecule has 0 radical (unpaired) electrons. The van der Waals surface area contributed by atoms with Crippen molar-refractivity contribution < 1.29 is 14.7 Å². The Balaban J connectivity index is 2.85. The van der Waals surface area contributed by atoms with Crippen LogP contribution in [0.2, 0.25) is 0 Å². The second-order valence-electron chi connectivity index (χ2n) is 4.10. The summed E-state index contributed by atoms with van der Waals surface area (Å²) in [6.07, 6.45) is 1.31. The minimum Gasteiger partial charge on any atom is -0.480 e. The first kappa shape index (κ1) is 13.0. The molecule has 4 N–H and O–H groups in total. The number of carboxylic acid groups (broad SMARTS) is 1. The van der Waals surface area contributed by atoms with Crippen molar-refractivity contribution in [3.05, 3.63) is 11.8 Å². The van der Waals surface area contributed by atoms with E-state index in [1.165, 1.54) is 10.9 Å². The lowest BCUT2D eigenvalue weighted by Crippen LogP contribution is -2.44. The number of hydrogen-bond donors (Lipinski definition) is 3. The second kappa shape index (κ2) is 4.86. The van der Waals surface area contributed by atoms with Gasteiger partial charge in [0.25, 0.3) is 5.91 Å². The summed E-state index contributed by atoms with van der Waals surface area (Å²) in [6, 6.07) is -0.942. The minimum absolute atomic E-state index is 0.180. The minimum atomic E-state index is -1.07. The molecular weight excluding hydrogens is 224 g/mol. The molecule has 0 bridgehead atoms. The van der Waals surface area contributed by atoms with Crippen molar-refractivity contribution in [3.63, 3.8) is 0 Å². The molecule has 0 aliphatic rings. The maximum Gasteiger partial charge on any atom is 0.326 e. The molecule has 1 aromatic rings. The van der Waals surface area contributed by atoms with E-state index in [0.717, 1.165) is 0 Å². The molecule has 7 heteroatoms. The molecule has 0 aliphatic heterocycles. The zero-order valence-corrected chi connectivity index (χ0v) is 9.97. The molecule has 0 aromatic carbocycles. The van der Waals surface area contributed by atoms with Crippen molar-refractivity contribution in [1.29, 1.82) is 0 Å². The predicted octanol–water partition coefficient (Wildman–Crippen LogP) is -0.159. The number of rotatable bonds is 4. The number of carbonyl (C=O) groups excluding carboxylic acids is 1. The Morgan fingerprint density at radius 1 is 1.53 bits per heavy atom. The van der Waals surface area contributed by atoms with Gasteiger partial charge in [-0.25, -0.2) is 4.79 Å². The van der Waals surface area contributed by atoms with Crippen molar-refractivity contribution in [2.75, 3.05) is 5.73 Å². The molecule has 0 saturated carbocycles. The largest absolute Gasteiger partial charge is 0.480 e. The van der Waals surface area contributed by atoms with Crippen LogP contribution in [-0.4, -0.2) is 32.8 Å². The second-order valence-corrected chi connectivity index (χ2v) is 4.10. The van der Waals surface area contributed by atoms with E-state index < -0.39 is 17.9 Å². The van der Waals surface area contributed by atoms with E-state index >= 15 is 0 Å². The molecule has 0 saturated heterocycles. The van der Waals surface area contributed by atoms with Gasteiger partial charge in [0.05, 0.1) is 6.20 Å². The van der Waals surface area contributed by atoms with E-state index in [9.17, 15) is 9.59 Å². The average Bonchev–Trinajstić information content (AvgIpc) is 2.55. The van der Waals surface area contributed by atoms with Crippen molar-refractivity contribution in [2.24, 2.45) is 13.0 Å². The summed E-state index contributed by atoms with van der Waals surface area (Å²) >= 11 is 0. The highest BCUT2D eigenvalue weighted by atomic mass is 16.4. The molecular formula is C10H16N4O3. The summed E-state index contributed by atoms with van der Waals surface area (Å²) in [5.41, 5.74) is 5.80. The Labute approximate surface area is 98.6 Å². The normalized spacial score (nSPS) is 12.5. The van der Waals surface area contributed by atoms with E-state index in [0.29, 0.717) is 0 Å². The number of nitrogens with zero attached hydrogens (tertiary/aromatic N) is 2. The first-order chi connectivity index (χ1) is 7.84. The lowest BCUT2D eigenvalue weighted by atomic mass is 10.0. The Hall–Kier alpha value is -2.05. The number of aromatic nitrogens is 2. The highest BCUT2D eigenvalue weighted by Gasteiger charge is 2.25. The van der Waals surface area contributed by atoms with Crippen molar-refractivity contribution >= 4 is 17.7 Å². The van der Waals surface area contributed by atoms with Crippen LogP contribution in [0, 0.1) is 5.92 Å². The summed E-state index contributed by atoms with van der Waals surface area (Å²) < 4.78 is 1.35. The quantitative estimate of drug-likeness (QED) is 0.677. The van der Waals surface area contributed by atoms with Crippen molar-refractivity contribution in [1.82, 2.24) is 15.1 Å². The molecule has 0 fully saturated rings. The van der Waals surface area contributed by atoms with E-state index in [1.54, 1.807) is 20.9 Å². The third-order valence-electron chi connectivity index (χ3n) is 2.45. The average molecular weight is 240 g/mol. The molecule has 1 heterocycles. The zero-order valence-electron chi connectivity index (χ0n) is 9.97. The summed E-state index contributed by atoms with van der Waals surface area (Å²) in [5.74, 6) is -1.61. The zero-order chi connectivity index (χ0) is 13.2. The van der Waals surface area contributed by atoms with Gasteiger partial charge in [0.15, 0.2) is 0 Å². The number of aliphatic carboxylic acids is 1. The molecule has 0 spiro atoms. The highest BCUT2D eigenvalue weighted by Crippen LogP contribution is 2.10. The predicted molar refractivity (Wildman–Crippen MR) is 61.3 cm³/mol. The van der Waals surface area contributed by atoms with Gasteiger partial charge < -0.3 is 16.2 Å². The van der Waals surface area contributed by atoms with Gasteiger partial charge in [0.1, 0.15) is 17.4 Å². The SMILES string of the molecule is CC(C)C(NC(=O)c1cnn(C)c1N)C(=O)O. The topological polar surface area (TPSA) is 110 Å². The number of aryl methyl sites for hydroxylation is 1. The van der Waals surface area contributed by atoms with Crippen LogP contribution in [0.15, 0.2) is 6.20 Å². The van der Waals surface area contributed by atoms with E-state index in [1.807, 2.05) is 0 Å². The lowest BCUT2D eigenvalue weighted by Gasteiger charge is -2.17. The fraction of sp³-hybridized carbons (Fsp3) is 0.500. The smallest absolute Gasteiger partial charge is 0.326 e. The number of carboxylic acids is 1. The van der Waals surface area contributed by atoms with Crippen LogP contribution in [-0.2, 0) is 11.8 Å². The number of nitrogen functional groups attached to an aromatic ring is 1. The van der Waals surface area contributed by atoms with Crippen LogP contribution in [0.25, 0.3) is 0 Å². The van der Waals surface area contributed by atoms with Gasteiger partial charge in [0, 0.05) is 7.05 Å². The first-order valence-electron chi connectivity index (χ1n) is 5.15. The Kier molecular flexibility index (Phi) is 3.72. The van der Waals surface area contributed by atoms with Gasteiger partial charge in [-0.1, -0.05) is 13.8 Å². The van der Waals surface area contributed by atoms with Crippen molar-refractivity contribution in [3.8, 4) is 0 Å². The van der Waals surface area contributed by atoms with Crippen LogP contribution in [0.3, 0.4) is 0 Å². The number of carbonyl (C=O) groups is 2. The van der Waals surface area contributed by atoms with Gasteiger partial charge in [-0.2, -0.15) is 5.10 Å². The van der Waals surface area contributed by atoms with Crippen LogP contribution < -0.4 is 11.1 Å². The maximum atomic E-state index is 11.8. The number of hydrogen-bond acceptors (Lipinski definition) is 4. The van der Waals surface area contributed by atoms with Gasteiger partial charge >= 0.3 is 5.97 Å². The Morgan fingerprint density at radius 3 is 2.47 bits per heavy atom. The van der Waals surface area contributed by atoms with Gasteiger partial charge in [0.2, 0.25) is 0 Å². The fourth-order valence-electron chi connectivity index (χ4n) is 1.35. The standard InChI is InChI=1S/C10H16N4O3/c1-5(2)7(10(16)17)13-9(15)6-4-12-14(3)8(6)11/h4-5,7H,11H2,1-3H3,(H,13,15)(H,16,17). The highest BCUT2D eigenvalue weighted by molar-refractivity contribution is 6.00. The van der Waals surface area contributed by atoms with E-state index in [2.05, 4.69) is 10.4 Å². The Bertz CT molecular complexity index is 439. The molecule has 1 aromatic heterocycles. The molecule has 1 rings (SSSR count). The van der Waals surface area contributed by atoms with Crippen LogP contribution >= 0.6 is 0 Å². The molecule has 7 nitrogen and oxygen atoms in total. The van der Waals surface area contributed by atoms with Crippen LogP contribution in [0.1, 0.15) is 24.2 Å². The number of anilines is 1. The molecule has 94 valence electrons. The summed E-state index contributed by atoms with van der Waals surface area (Å²) in [7, 11) is 1.60. The number of nitrogens with one attached hydrogen (secondary N) is 1. The van der Waals surface area contributed by atoms with Crippen LogP contribution in [0.4, 0.5) is 5.82 Å². The van der Waals surface area contributed by atoms with Crippen molar-refractivity contribution in [2.45, 2.75) is 19.9 Å². The Morgan fingerprint density at radius 2 is 2.12 bits per heavy atom. The number of amides is 1. The van der Waals surface area contributed by atoms with Gasteiger partial charge in [-0.3, -0.25) is 9.48 Å². The van der Waals surface area contributed by atoms with E-state index in [4.69, 9.17) is 10.8 Å². The third-order valence-corrected chi connectivity index (χ3v) is 2.45. The first-order valence-corrected chi connectivity index (χ1v) is 5.15. The summed E-state index contributed by atoms with van der Waals surface area (Å²) in [5, 5.41) is 15.2. The monoisotopic (exact) mass is 240 g/mol. The third kappa shape index (κ3) is 2.74. The van der Waals surface area contributed by atoms with Gasteiger partial charge in [-0.05, 0) is 5.92 Å². The molecule has 17 heavy (non-hydrogen) atoms. The van der Waals surface area contributed by atoms with Crippen LogP contribution in [0.5, 0.6) is 0 Å². The lowest BCUT2D eigenvalue weighted by molar-refractivity contribution is -0.140. The maximum absolute atomic E-state index is 11.8. The molecule has 1 amide bonds. The molecule has 0 aliphatic carbocycles. The molecule has 1 unspecified atom stereocenters. The number of nitrogens with two attached hydrogens (primary N) is 1. The summed E-state index contributed by atoms with van der Waals surface area (Å²) in [6.45, 7) is 3.43. The fourth-order valence-corrected chi connectivity index (χ4v) is 1.35. The van der Waals surface area contributed by atoms with Gasteiger partial charge in [-0.15, -0.1) is 0 Å². The molecule has 1 atom stereocenters. The van der Waals surface area contributed by atoms with E-state index in [-0.39, 0.29) is 17.3 Å². The summed E-state index contributed by atoms with van der Waals surface area (Å²) in [4.78, 5) is 22.7.